The second-order valence-corrected chi connectivity index (χ2v) is 7.47. The summed E-state index contributed by atoms with van der Waals surface area (Å²) in [5.41, 5.74) is 2.63. The van der Waals surface area contributed by atoms with Gasteiger partial charge in [0.1, 0.15) is 12.4 Å². The van der Waals surface area contributed by atoms with E-state index in [4.69, 9.17) is 25.8 Å². The minimum Gasteiger partial charge on any atom is -0.467 e. The van der Waals surface area contributed by atoms with Crippen LogP contribution in [0.3, 0.4) is 0 Å². The molecule has 0 saturated heterocycles. The van der Waals surface area contributed by atoms with Gasteiger partial charge >= 0.3 is 5.97 Å². The molecule has 29 heavy (non-hydrogen) atoms. The van der Waals surface area contributed by atoms with E-state index in [0.717, 1.165) is 5.56 Å². The minimum absolute atomic E-state index is 0.0193. The van der Waals surface area contributed by atoms with E-state index in [2.05, 4.69) is 5.32 Å². The Bertz CT molecular complexity index is 1050. The molecule has 4 rings (SSSR count). The van der Waals surface area contributed by atoms with Crippen molar-refractivity contribution >= 4 is 40.5 Å². The standard InChI is InChI=1S/C21H16ClNO5S/c22-16-7-14-9-26-12-28-19(14)15(8-16)10-27-21(25)17-3-1-2-4-18(17)23-20(24)13-5-6-29-11-13/h1-8,11H,9-10,12H2,(H,23,24). The quantitative estimate of drug-likeness (QED) is 0.585. The maximum absolute atomic E-state index is 12.7. The average molecular weight is 430 g/mol. The molecular weight excluding hydrogens is 414 g/mol. The predicted octanol–water partition coefficient (Wildman–Crippen LogP) is 4.88. The molecule has 0 spiro atoms. The summed E-state index contributed by atoms with van der Waals surface area (Å²) in [4.78, 5) is 25.0. The molecule has 0 saturated carbocycles. The number of nitrogens with one attached hydrogen (secondary N) is 1. The lowest BCUT2D eigenvalue weighted by Crippen LogP contribution is -2.16. The molecule has 1 aliphatic rings. The van der Waals surface area contributed by atoms with E-state index in [1.807, 2.05) is 5.38 Å². The van der Waals surface area contributed by atoms with E-state index >= 15 is 0 Å². The van der Waals surface area contributed by atoms with Gasteiger partial charge in [0.25, 0.3) is 5.91 Å². The third-order valence-electron chi connectivity index (χ3n) is 4.29. The first-order valence-electron chi connectivity index (χ1n) is 8.73. The predicted molar refractivity (Wildman–Crippen MR) is 110 cm³/mol. The number of carbonyl (C=O) groups excluding carboxylic acids is 2. The molecule has 8 heteroatoms. The average Bonchev–Trinajstić information content (AvgIpc) is 3.27. The topological polar surface area (TPSA) is 73.9 Å². The van der Waals surface area contributed by atoms with Gasteiger partial charge in [-0.2, -0.15) is 11.3 Å². The Morgan fingerprint density at radius 3 is 2.90 bits per heavy atom. The van der Waals surface area contributed by atoms with Gasteiger partial charge in [0.15, 0.2) is 6.79 Å². The maximum atomic E-state index is 12.7. The number of hydrogen-bond donors (Lipinski definition) is 1. The van der Waals surface area contributed by atoms with Crippen LogP contribution < -0.4 is 10.1 Å². The molecule has 0 radical (unpaired) electrons. The molecule has 0 bridgehead atoms. The summed E-state index contributed by atoms with van der Waals surface area (Å²) in [5.74, 6) is -0.233. The summed E-state index contributed by atoms with van der Waals surface area (Å²) in [6.45, 7) is 0.496. The number of rotatable bonds is 5. The first-order chi connectivity index (χ1) is 14.1. The number of esters is 1. The highest BCUT2D eigenvalue weighted by atomic mass is 35.5. The zero-order chi connectivity index (χ0) is 20.2. The molecular formula is C21H16ClNO5S. The number of benzene rings is 2. The highest BCUT2D eigenvalue weighted by Gasteiger charge is 2.20. The fraction of sp³-hybridized carbons (Fsp3) is 0.143. The van der Waals surface area contributed by atoms with E-state index in [1.165, 1.54) is 11.3 Å². The lowest BCUT2D eigenvalue weighted by molar-refractivity contribution is -0.0180. The third-order valence-corrected chi connectivity index (χ3v) is 5.19. The van der Waals surface area contributed by atoms with Crippen LogP contribution in [-0.4, -0.2) is 18.7 Å². The number of anilines is 1. The van der Waals surface area contributed by atoms with Crippen LogP contribution in [0.2, 0.25) is 5.02 Å². The number of halogens is 1. The molecule has 0 aliphatic carbocycles. The zero-order valence-electron chi connectivity index (χ0n) is 15.1. The summed E-state index contributed by atoms with van der Waals surface area (Å²) in [7, 11) is 0. The van der Waals surface area contributed by atoms with Crippen molar-refractivity contribution in [2.45, 2.75) is 13.2 Å². The number of thiophene rings is 1. The highest BCUT2D eigenvalue weighted by Crippen LogP contribution is 2.32. The number of fused-ring (bicyclic) bond motifs is 1. The first kappa shape index (κ1) is 19.4. The smallest absolute Gasteiger partial charge is 0.340 e. The van der Waals surface area contributed by atoms with Gasteiger partial charge in [-0.05, 0) is 35.7 Å². The fourth-order valence-corrected chi connectivity index (χ4v) is 3.84. The molecule has 2 heterocycles. The van der Waals surface area contributed by atoms with Gasteiger partial charge in [-0.15, -0.1) is 0 Å². The monoisotopic (exact) mass is 429 g/mol. The molecule has 1 aromatic heterocycles. The van der Waals surface area contributed by atoms with E-state index in [9.17, 15) is 9.59 Å². The van der Waals surface area contributed by atoms with Gasteiger partial charge < -0.3 is 19.5 Å². The Morgan fingerprint density at radius 1 is 1.21 bits per heavy atom. The molecule has 1 N–H and O–H groups in total. The minimum atomic E-state index is -0.563. The lowest BCUT2D eigenvalue weighted by atomic mass is 10.1. The molecule has 0 unspecified atom stereocenters. The first-order valence-corrected chi connectivity index (χ1v) is 10.1. The Kier molecular flexibility index (Phi) is 5.80. The third kappa shape index (κ3) is 4.42. The normalized spacial score (nSPS) is 12.6. The number of amides is 1. The van der Waals surface area contributed by atoms with Crippen LogP contribution >= 0.6 is 22.9 Å². The Balaban J connectivity index is 1.50. The van der Waals surface area contributed by atoms with Crippen LogP contribution in [-0.2, 0) is 22.7 Å². The van der Waals surface area contributed by atoms with Crippen molar-refractivity contribution in [1.82, 2.24) is 0 Å². The van der Waals surface area contributed by atoms with Gasteiger partial charge in [0.2, 0.25) is 0 Å². The molecule has 2 aromatic carbocycles. The van der Waals surface area contributed by atoms with E-state index in [0.29, 0.717) is 34.2 Å². The second kappa shape index (κ2) is 8.65. The summed E-state index contributed by atoms with van der Waals surface area (Å²) in [6, 6.07) is 11.9. The van der Waals surface area contributed by atoms with Gasteiger partial charge in [-0.1, -0.05) is 23.7 Å². The highest BCUT2D eigenvalue weighted by molar-refractivity contribution is 7.08. The van der Waals surface area contributed by atoms with Crippen LogP contribution in [0.15, 0.2) is 53.2 Å². The van der Waals surface area contributed by atoms with Crippen molar-refractivity contribution in [3.63, 3.8) is 0 Å². The number of ether oxygens (including phenoxy) is 3. The van der Waals surface area contributed by atoms with Crippen molar-refractivity contribution in [2.75, 3.05) is 12.1 Å². The SMILES string of the molecule is O=C(Nc1ccccc1C(=O)OCc1cc(Cl)cc2c1OCOC2)c1ccsc1. The number of para-hydroxylation sites is 1. The van der Waals surface area contributed by atoms with Gasteiger partial charge in [0.05, 0.1) is 23.4 Å². The molecule has 6 nitrogen and oxygen atoms in total. The van der Waals surface area contributed by atoms with Crippen LogP contribution in [0.4, 0.5) is 5.69 Å². The summed E-state index contributed by atoms with van der Waals surface area (Å²) in [5, 5.41) is 6.81. The van der Waals surface area contributed by atoms with Crippen molar-refractivity contribution in [2.24, 2.45) is 0 Å². The van der Waals surface area contributed by atoms with Crippen LogP contribution in [0.25, 0.3) is 0 Å². The number of carbonyl (C=O) groups is 2. The van der Waals surface area contributed by atoms with E-state index < -0.39 is 5.97 Å². The molecule has 0 atom stereocenters. The summed E-state index contributed by atoms with van der Waals surface area (Å²) in [6.07, 6.45) is 0. The largest absolute Gasteiger partial charge is 0.467 e. The van der Waals surface area contributed by atoms with Crippen molar-refractivity contribution in [3.05, 3.63) is 80.5 Å². The van der Waals surface area contributed by atoms with E-state index in [1.54, 1.807) is 47.8 Å². The molecule has 148 valence electrons. The Morgan fingerprint density at radius 2 is 2.07 bits per heavy atom. The fourth-order valence-electron chi connectivity index (χ4n) is 2.94. The van der Waals surface area contributed by atoms with Crippen LogP contribution in [0.1, 0.15) is 31.8 Å². The van der Waals surface area contributed by atoms with Crippen LogP contribution in [0, 0.1) is 0 Å². The van der Waals surface area contributed by atoms with Crippen molar-refractivity contribution in [1.29, 1.82) is 0 Å². The zero-order valence-corrected chi connectivity index (χ0v) is 16.7. The van der Waals surface area contributed by atoms with Crippen molar-refractivity contribution in [3.8, 4) is 5.75 Å². The number of hydrogen-bond acceptors (Lipinski definition) is 6. The Hall–Kier alpha value is -2.87. The summed E-state index contributed by atoms with van der Waals surface area (Å²) < 4.78 is 16.3. The van der Waals surface area contributed by atoms with E-state index in [-0.39, 0.29) is 24.9 Å². The van der Waals surface area contributed by atoms with Crippen LogP contribution in [0.5, 0.6) is 5.75 Å². The molecule has 0 fully saturated rings. The van der Waals surface area contributed by atoms with Gasteiger partial charge in [-0.25, -0.2) is 4.79 Å². The lowest BCUT2D eigenvalue weighted by Gasteiger charge is -2.21. The summed E-state index contributed by atoms with van der Waals surface area (Å²) >= 11 is 7.57. The second-order valence-electron chi connectivity index (χ2n) is 6.25. The van der Waals surface area contributed by atoms with Gasteiger partial charge in [0, 0.05) is 21.5 Å². The van der Waals surface area contributed by atoms with Gasteiger partial charge in [-0.3, -0.25) is 4.79 Å². The Labute approximate surface area is 176 Å². The maximum Gasteiger partial charge on any atom is 0.340 e. The molecule has 1 amide bonds. The van der Waals surface area contributed by atoms with Crippen molar-refractivity contribution < 1.29 is 23.8 Å². The molecule has 3 aromatic rings. The molecule has 1 aliphatic heterocycles.